The molecule has 0 unspecified atom stereocenters. The van der Waals surface area contributed by atoms with Gasteiger partial charge in [0.25, 0.3) is 0 Å². The van der Waals surface area contributed by atoms with Gasteiger partial charge in [0.05, 0.1) is 10.2 Å². The highest BCUT2D eigenvalue weighted by Gasteiger charge is 2.07. The molecule has 3 aromatic rings. The number of rotatable bonds is 2. The predicted octanol–water partition coefficient (Wildman–Crippen LogP) is 3.29. The van der Waals surface area contributed by atoms with Crippen molar-refractivity contribution in [3.05, 3.63) is 48.3 Å². The van der Waals surface area contributed by atoms with E-state index < -0.39 is 0 Å². The standard InChI is InChI=1S/C13H10N2OS/c1-9(16)10-4-5-11-12(8-10)17-13(14-11)15-6-2-3-7-15/h2-8H,1H3. The minimum absolute atomic E-state index is 0.0859. The molecule has 0 aliphatic heterocycles. The average molecular weight is 242 g/mol. The summed E-state index contributed by atoms with van der Waals surface area (Å²) < 4.78 is 3.01. The maximum Gasteiger partial charge on any atom is 0.194 e. The van der Waals surface area contributed by atoms with E-state index in [-0.39, 0.29) is 5.78 Å². The van der Waals surface area contributed by atoms with Gasteiger partial charge in [-0.25, -0.2) is 4.98 Å². The summed E-state index contributed by atoms with van der Waals surface area (Å²) in [6.45, 7) is 1.58. The number of carbonyl (C=O) groups excluding carboxylic acids is 1. The highest BCUT2D eigenvalue weighted by molar-refractivity contribution is 7.20. The molecule has 3 rings (SSSR count). The van der Waals surface area contributed by atoms with E-state index in [9.17, 15) is 4.79 Å². The van der Waals surface area contributed by atoms with Gasteiger partial charge in [-0.15, -0.1) is 0 Å². The van der Waals surface area contributed by atoms with Crippen LogP contribution in [0.25, 0.3) is 15.3 Å². The first-order valence-corrected chi connectivity index (χ1v) is 6.10. The normalized spacial score (nSPS) is 10.9. The number of benzene rings is 1. The summed E-state index contributed by atoms with van der Waals surface area (Å²) in [5.74, 6) is 0.0859. The van der Waals surface area contributed by atoms with Crippen LogP contribution in [0.2, 0.25) is 0 Å². The van der Waals surface area contributed by atoms with Gasteiger partial charge in [-0.3, -0.25) is 4.79 Å². The molecule has 17 heavy (non-hydrogen) atoms. The van der Waals surface area contributed by atoms with E-state index in [1.807, 2.05) is 47.3 Å². The van der Waals surface area contributed by atoms with Crippen LogP contribution in [-0.2, 0) is 0 Å². The molecule has 4 heteroatoms. The van der Waals surface area contributed by atoms with Gasteiger partial charge in [0.1, 0.15) is 0 Å². The lowest BCUT2D eigenvalue weighted by Crippen LogP contribution is -1.89. The summed E-state index contributed by atoms with van der Waals surface area (Å²) in [6, 6.07) is 9.56. The number of ketones is 1. The van der Waals surface area contributed by atoms with E-state index in [2.05, 4.69) is 4.98 Å². The molecule has 84 valence electrons. The number of hydrogen-bond acceptors (Lipinski definition) is 3. The molecule has 0 aliphatic rings. The van der Waals surface area contributed by atoms with Crippen LogP contribution in [0, 0.1) is 0 Å². The second kappa shape index (κ2) is 3.82. The van der Waals surface area contributed by atoms with Crippen molar-refractivity contribution < 1.29 is 4.79 Å². The molecule has 0 radical (unpaired) electrons. The molecule has 0 saturated heterocycles. The van der Waals surface area contributed by atoms with Crippen LogP contribution in [0.4, 0.5) is 0 Å². The van der Waals surface area contributed by atoms with E-state index in [1.165, 1.54) is 0 Å². The zero-order valence-corrected chi connectivity index (χ0v) is 10.1. The maximum atomic E-state index is 11.3. The molecule has 0 aliphatic carbocycles. The van der Waals surface area contributed by atoms with Gasteiger partial charge in [0, 0.05) is 18.0 Å². The fourth-order valence-electron chi connectivity index (χ4n) is 1.70. The van der Waals surface area contributed by atoms with Crippen LogP contribution in [0.5, 0.6) is 0 Å². The fourth-order valence-corrected chi connectivity index (χ4v) is 2.68. The van der Waals surface area contributed by atoms with Crippen molar-refractivity contribution in [2.24, 2.45) is 0 Å². The molecule has 2 heterocycles. The first kappa shape index (κ1) is 10.2. The van der Waals surface area contributed by atoms with Gasteiger partial charge >= 0.3 is 0 Å². The van der Waals surface area contributed by atoms with Crippen molar-refractivity contribution in [1.29, 1.82) is 0 Å². The number of hydrogen-bond donors (Lipinski definition) is 0. The smallest absolute Gasteiger partial charge is 0.194 e. The molecule has 1 aromatic carbocycles. The monoisotopic (exact) mass is 242 g/mol. The second-order valence-electron chi connectivity index (χ2n) is 3.83. The van der Waals surface area contributed by atoms with E-state index in [0.717, 1.165) is 20.9 Å². The van der Waals surface area contributed by atoms with Crippen molar-refractivity contribution in [3.63, 3.8) is 0 Å². The average Bonchev–Trinajstić information content (AvgIpc) is 2.96. The molecule has 0 bridgehead atoms. The number of aromatic nitrogens is 2. The third kappa shape index (κ3) is 1.76. The summed E-state index contributed by atoms with van der Waals surface area (Å²) in [5, 5.41) is 0.922. The summed E-state index contributed by atoms with van der Waals surface area (Å²) in [5.41, 5.74) is 1.67. The zero-order valence-electron chi connectivity index (χ0n) is 9.25. The highest BCUT2D eigenvalue weighted by atomic mass is 32.1. The van der Waals surface area contributed by atoms with Crippen LogP contribution in [0.3, 0.4) is 0 Å². The van der Waals surface area contributed by atoms with Crippen LogP contribution in [-0.4, -0.2) is 15.3 Å². The van der Waals surface area contributed by atoms with Gasteiger partial charge in [-0.05, 0) is 37.3 Å². The van der Waals surface area contributed by atoms with Gasteiger partial charge in [-0.1, -0.05) is 11.3 Å². The Labute approximate surface area is 102 Å². The first-order chi connectivity index (χ1) is 8.24. The lowest BCUT2D eigenvalue weighted by atomic mass is 10.1. The lowest BCUT2D eigenvalue weighted by molar-refractivity contribution is 0.101. The summed E-state index contributed by atoms with van der Waals surface area (Å²) >= 11 is 1.59. The van der Waals surface area contributed by atoms with Crippen LogP contribution in [0.1, 0.15) is 17.3 Å². The lowest BCUT2D eigenvalue weighted by Gasteiger charge is -1.92. The van der Waals surface area contributed by atoms with Gasteiger partial charge in [-0.2, -0.15) is 0 Å². The van der Waals surface area contributed by atoms with E-state index in [1.54, 1.807) is 18.3 Å². The van der Waals surface area contributed by atoms with Crippen molar-refractivity contribution in [2.75, 3.05) is 0 Å². The van der Waals surface area contributed by atoms with Crippen LogP contribution in [0.15, 0.2) is 42.7 Å². The zero-order chi connectivity index (χ0) is 11.8. The largest absolute Gasteiger partial charge is 0.300 e. The number of thiazole rings is 1. The quantitative estimate of drug-likeness (QED) is 0.646. The number of fused-ring (bicyclic) bond motifs is 1. The molecular weight excluding hydrogens is 232 g/mol. The minimum Gasteiger partial charge on any atom is -0.300 e. The van der Waals surface area contributed by atoms with Gasteiger partial charge < -0.3 is 4.57 Å². The predicted molar refractivity (Wildman–Crippen MR) is 69.0 cm³/mol. The summed E-state index contributed by atoms with van der Waals surface area (Å²) in [7, 11) is 0. The summed E-state index contributed by atoms with van der Waals surface area (Å²) in [6.07, 6.45) is 3.92. The highest BCUT2D eigenvalue weighted by Crippen LogP contribution is 2.26. The second-order valence-corrected chi connectivity index (χ2v) is 4.83. The van der Waals surface area contributed by atoms with Crippen LogP contribution < -0.4 is 0 Å². The molecule has 0 atom stereocenters. The van der Waals surface area contributed by atoms with Gasteiger partial charge in [0.15, 0.2) is 10.9 Å². The number of carbonyl (C=O) groups is 1. The Bertz CT molecular complexity index is 683. The van der Waals surface area contributed by atoms with Crippen LogP contribution >= 0.6 is 11.3 Å². The Morgan fingerprint density at radius 2 is 2.06 bits per heavy atom. The number of Topliss-reactive ketones (excluding diaryl/α,β-unsaturated/α-hetero) is 1. The Balaban J connectivity index is 2.16. The number of nitrogens with zero attached hydrogens (tertiary/aromatic N) is 2. The topological polar surface area (TPSA) is 34.9 Å². The maximum absolute atomic E-state index is 11.3. The minimum atomic E-state index is 0.0859. The van der Waals surface area contributed by atoms with E-state index >= 15 is 0 Å². The summed E-state index contributed by atoms with van der Waals surface area (Å²) in [4.78, 5) is 15.8. The molecule has 0 spiro atoms. The fraction of sp³-hybridized carbons (Fsp3) is 0.0769. The van der Waals surface area contributed by atoms with Gasteiger partial charge in [0.2, 0.25) is 0 Å². The van der Waals surface area contributed by atoms with E-state index in [4.69, 9.17) is 0 Å². The van der Waals surface area contributed by atoms with Crippen molar-refractivity contribution in [1.82, 2.24) is 9.55 Å². The molecule has 0 amide bonds. The Morgan fingerprint density at radius 3 is 2.76 bits per heavy atom. The molecular formula is C13H10N2OS. The van der Waals surface area contributed by atoms with Crippen molar-refractivity contribution in [3.8, 4) is 5.13 Å². The SMILES string of the molecule is CC(=O)c1ccc2nc(-n3cccc3)sc2c1. The van der Waals surface area contributed by atoms with E-state index in [0.29, 0.717) is 0 Å². The molecule has 0 fully saturated rings. The third-order valence-electron chi connectivity index (χ3n) is 2.61. The molecule has 2 aromatic heterocycles. The molecule has 0 N–H and O–H groups in total. The molecule has 0 saturated carbocycles. The first-order valence-electron chi connectivity index (χ1n) is 5.29. The Kier molecular flexibility index (Phi) is 2.30. The van der Waals surface area contributed by atoms with Crippen molar-refractivity contribution in [2.45, 2.75) is 6.92 Å². The Hall–Kier alpha value is -1.94. The third-order valence-corrected chi connectivity index (χ3v) is 3.64. The molecule has 3 nitrogen and oxygen atoms in total. The Morgan fingerprint density at radius 1 is 1.29 bits per heavy atom. The van der Waals surface area contributed by atoms with Crippen molar-refractivity contribution >= 4 is 27.3 Å².